The number of phenols is 2. The van der Waals surface area contributed by atoms with Crippen LogP contribution in [-0.4, -0.2) is 50.2 Å². The van der Waals surface area contributed by atoms with Crippen LogP contribution in [0.2, 0.25) is 0 Å². The molecule has 0 fully saturated rings. The molecule has 0 amide bonds. The van der Waals surface area contributed by atoms with Crippen molar-refractivity contribution < 1.29 is 48.2 Å². The summed E-state index contributed by atoms with van der Waals surface area (Å²) in [5.74, 6) is -2.13. The Bertz CT molecular complexity index is 1600. The number of methoxy groups -OCH3 is 4. The molecule has 10 nitrogen and oxygen atoms in total. The van der Waals surface area contributed by atoms with Crippen LogP contribution in [0.4, 0.5) is 0 Å². The van der Waals surface area contributed by atoms with Crippen LogP contribution < -0.4 is 28.4 Å². The van der Waals surface area contributed by atoms with E-state index in [2.05, 4.69) is 0 Å². The van der Waals surface area contributed by atoms with Crippen LogP contribution in [0.25, 0.3) is 0 Å². The van der Waals surface area contributed by atoms with E-state index >= 15 is 0 Å². The lowest BCUT2D eigenvalue weighted by Crippen LogP contribution is -2.45. The minimum atomic E-state index is -1.19. The third-order valence-corrected chi connectivity index (χ3v) is 8.12. The van der Waals surface area contributed by atoms with Crippen molar-refractivity contribution in [2.75, 3.05) is 28.4 Å². The highest BCUT2D eigenvalue weighted by Gasteiger charge is 2.53. The zero-order valence-corrected chi connectivity index (χ0v) is 24.4. The van der Waals surface area contributed by atoms with Crippen LogP contribution >= 0.6 is 0 Å². The number of hydrogen-bond acceptors (Lipinski definition) is 10. The van der Waals surface area contributed by atoms with Gasteiger partial charge >= 0.3 is 0 Å². The zero-order valence-electron chi connectivity index (χ0n) is 24.4. The van der Waals surface area contributed by atoms with E-state index in [0.29, 0.717) is 34.1 Å². The Labute approximate surface area is 253 Å². The van der Waals surface area contributed by atoms with Crippen molar-refractivity contribution in [1.82, 2.24) is 0 Å². The van der Waals surface area contributed by atoms with E-state index in [1.165, 1.54) is 38.5 Å². The summed E-state index contributed by atoms with van der Waals surface area (Å²) < 4.78 is 34.2. The van der Waals surface area contributed by atoms with Crippen LogP contribution in [0.15, 0.2) is 72.8 Å². The average molecular weight is 599 g/mol. The van der Waals surface area contributed by atoms with Crippen molar-refractivity contribution in [3.05, 3.63) is 95.1 Å². The van der Waals surface area contributed by atoms with Crippen LogP contribution in [0.1, 0.15) is 44.1 Å². The Hall–Kier alpha value is -5.38. The number of phenolic OH excluding ortho intramolecular Hbond substituents is 2. The summed E-state index contributed by atoms with van der Waals surface area (Å²) in [6.45, 7) is 0. The Balaban J connectivity index is 1.57. The molecule has 2 heterocycles. The van der Waals surface area contributed by atoms with Gasteiger partial charge in [0.1, 0.15) is 69.3 Å². The van der Waals surface area contributed by atoms with Gasteiger partial charge in [-0.2, -0.15) is 0 Å². The molecule has 2 aliphatic rings. The van der Waals surface area contributed by atoms with Gasteiger partial charge in [0, 0.05) is 24.3 Å². The van der Waals surface area contributed by atoms with Gasteiger partial charge in [0.25, 0.3) is 0 Å². The van der Waals surface area contributed by atoms with Crippen molar-refractivity contribution in [1.29, 1.82) is 0 Å². The first-order valence-corrected chi connectivity index (χ1v) is 13.8. The van der Waals surface area contributed by atoms with Gasteiger partial charge in [0.2, 0.25) is 0 Å². The van der Waals surface area contributed by atoms with E-state index < -0.39 is 35.6 Å². The first kappa shape index (κ1) is 28.7. The van der Waals surface area contributed by atoms with Gasteiger partial charge in [-0.1, -0.05) is 24.3 Å². The highest BCUT2D eigenvalue weighted by molar-refractivity contribution is 6.11. The van der Waals surface area contributed by atoms with Gasteiger partial charge in [-0.05, 0) is 35.4 Å². The Kier molecular flexibility index (Phi) is 7.42. The SMILES string of the molecule is COc1ccc([C@H]2Oc3cc(OC)cc(O)c3C(=O)[C@H]2[C@@H]2C(=O)c3c(O)cc(OC)cc3O[C@@H]2c2ccc(OC)cc2)cc1. The van der Waals surface area contributed by atoms with Crippen LogP contribution in [0.3, 0.4) is 0 Å². The number of ketones is 2. The number of benzene rings is 4. The quantitative estimate of drug-likeness (QED) is 0.273. The van der Waals surface area contributed by atoms with Gasteiger partial charge in [-0.3, -0.25) is 9.59 Å². The van der Waals surface area contributed by atoms with Crippen molar-refractivity contribution in [2.24, 2.45) is 11.8 Å². The second kappa shape index (κ2) is 11.4. The summed E-state index contributed by atoms with van der Waals surface area (Å²) in [5.41, 5.74) is 1.02. The second-order valence-corrected chi connectivity index (χ2v) is 10.4. The van der Waals surface area contributed by atoms with Crippen molar-refractivity contribution in [3.8, 4) is 46.0 Å². The van der Waals surface area contributed by atoms with E-state index in [4.69, 9.17) is 28.4 Å². The lowest BCUT2D eigenvalue weighted by Gasteiger charge is -2.42. The molecule has 0 saturated carbocycles. The number of rotatable bonds is 7. The van der Waals surface area contributed by atoms with Crippen LogP contribution in [0.5, 0.6) is 46.0 Å². The molecule has 2 N–H and O–H groups in total. The molecule has 0 radical (unpaired) electrons. The van der Waals surface area contributed by atoms with Gasteiger partial charge in [-0.25, -0.2) is 0 Å². The predicted molar refractivity (Wildman–Crippen MR) is 158 cm³/mol. The van der Waals surface area contributed by atoms with E-state index in [-0.39, 0.29) is 34.1 Å². The summed E-state index contributed by atoms with van der Waals surface area (Å²) in [4.78, 5) is 29.1. The highest BCUT2D eigenvalue weighted by atomic mass is 16.5. The largest absolute Gasteiger partial charge is 0.507 e. The lowest BCUT2D eigenvalue weighted by atomic mass is 9.69. The van der Waals surface area contributed by atoms with Gasteiger partial charge < -0.3 is 38.6 Å². The lowest BCUT2D eigenvalue weighted by molar-refractivity contribution is 0.0129. The molecule has 4 atom stereocenters. The minimum absolute atomic E-state index is 0.0772. The highest BCUT2D eigenvalue weighted by Crippen LogP contribution is 2.53. The molecule has 10 heteroatoms. The predicted octanol–water partition coefficient (Wildman–Crippen LogP) is 5.70. The molecule has 0 bridgehead atoms. The fraction of sp³-hybridized carbons (Fsp3) is 0.235. The van der Waals surface area contributed by atoms with Crippen molar-refractivity contribution in [2.45, 2.75) is 12.2 Å². The molecule has 0 aromatic heterocycles. The normalized spacial score (nSPS) is 20.5. The van der Waals surface area contributed by atoms with Crippen LogP contribution in [0, 0.1) is 11.8 Å². The number of hydrogen-bond donors (Lipinski definition) is 2. The van der Waals surface area contributed by atoms with Crippen molar-refractivity contribution >= 4 is 11.6 Å². The third kappa shape index (κ3) is 4.78. The Morgan fingerprint density at radius 2 is 0.864 bits per heavy atom. The van der Waals surface area contributed by atoms with E-state index in [1.807, 2.05) is 0 Å². The number of carbonyl (C=O) groups is 2. The standard InChI is InChI=1S/C34H30O10/c1-39-19-9-5-17(6-10-19)33-29(31(37)27-23(35)13-21(41-3)15-25(27)43-33)30-32(38)28-24(36)14-22(42-4)16-26(28)44-34(30)18-7-11-20(40-2)12-8-18/h5-16,29-30,33-36H,1-4H3/t29-,30-,33-,34-/m1/s1. The Morgan fingerprint density at radius 1 is 0.523 bits per heavy atom. The van der Waals surface area contributed by atoms with E-state index in [1.54, 1.807) is 62.8 Å². The molecule has 0 aliphatic carbocycles. The van der Waals surface area contributed by atoms with E-state index in [9.17, 15) is 19.8 Å². The maximum atomic E-state index is 14.5. The fourth-order valence-corrected chi connectivity index (χ4v) is 5.94. The Morgan fingerprint density at radius 3 is 1.18 bits per heavy atom. The van der Waals surface area contributed by atoms with Crippen LogP contribution in [-0.2, 0) is 0 Å². The second-order valence-electron chi connectivity index (χ2n) is 10.4. The molecule has 0 saturated heterocycles. The molecular weight excluding hydrogens is 568 g/mol. The third-order valence-electron chi connectivity index (χ3n) is 8.12. The average Bonchev–Trinajstić information content (AvgIpc) is 3.04. The number of aromatic hydroxyl groups is 2. The molecule has 4 aromatic rings. The summed E-state index contributed by atoms with van der Waals surface area (Å²) in [5, 5.41) is 21.9. The number of fused-ring (bicyclic) bond motifs is 2. The molecule has 4 aromatic carbocycles. The first-order chi connectivity index (χ1) is 21.3. The fourth-order valence-electron chi connectivity index (χ4n) is 5.94. The number of carbonyl (C=O) groups excluding carboxylic acids is 2. The molecule has 6 rings (SSSR count). The molecule has 2 aliphatic heterocycles. The summed E-state index contributed by atoms with van der Waals surface area (Å²) in [7, 11) is 5.96. The smallest absolute Gasteiger partial charge is 0.178 e. The molecule has 44 heavy (non-hydrogen) atoms. The zero-order chi connectivity index (χ0) is 31.1. The number of Topliss-reactive ketones (excluding diaryl/α,β-unsaturated/α-hetero) is 2. The monoisotopic (exact) mass is 598 g/mol. The van der Waals surface area contributed by atoms with Gasteiger partial charge in [0.05, 0.1) is 40.3 Å². The minimum Gasteiger partial charge on any atom is -0.507 e. The molecule has 0 spiro atoms. The molecule has 226 valence electrons. The van der Waals surface area contributed by atoms with Gasteiger partial charge in [-0.15, -0.1) is 0 Å². The van der Waals surface area contributed by atoms with Gasteiger partial charge in [0.15, 0.2) is 11.6 Å². The molecular formula is C34H30O10. The maximum Gasteiger partial charge on any atom is 0.178 e. The van der Waals surface area contributed by atoms with Crippen molar-refractivity contribution in [3.63, 3.8) is 0 Å². The maximum absolute atomic E-state index is 14.5. The summed E-state index contributed by atoms with van der Waals surface area (Å²) >= 11 is 0. The topological polar surface area (TPSA) is 130 Å². The number of ether oxygens (including phenoxy) is 6. The summed E-state index contributed by atoms with van der Waals surface area (Å²) in [6, 6.07) is 19.6. The molecule has 0 unspecified atom stereocenters. The van der Waals surface area contributed by atoms with E-state index in [0.717, 1.165) is 0 Å². The summed E-state index contributed by atoms with van der Waals surface area (Å²) in [6.07, 6.45) is -1.99. The first-order valence-electron chi connectivity index (χ1n) is 13.8.